The summed E-state index contributed by atoms with van der Waals surface area (Å²) in [6, 6.07) is 2.79. The number of ether oxygens (including phenoxy) is 2. The van der Waals surface area contributed by atoms with Crippen LogP contribution in [0.3, 0.4) is 0 Å². The van der Waals surface area contributed by atoms with E-state index in [1.807, 2.05) is 0 Å². The molecule has 0 saturated carbocycles. The van der Waals surface area contributed by atoms with Gasteiger partial charge in [-0.2, -0.15) is 39.5 Å². The zero-order valence-electron chi connectivity index (χ0n) is 17.3. The maximum atomic E-state index is 13.4. The van der Waals surface area contributed by atoms with Crippen LogP contribution in [0.2, 0.25) is 0 Å². The largest absolute Gasteiger partial charge is 0.497 e. The Kier molecular flexibility index (Phi) is 6.01. The summed E-state index contributed by atoms with van der Waals surface area (Å²) in [6.07, 6.45) is -20.5. The average molecular weight is 520 g/mol. The fraction of sp³-hybridized carbons (Fsp3) is 0.421. The van der Waals surface area contributed by atoms with Crippen molar-refractivity contribution >= 4 is 23.5 Å². The summed E-state index contributed by atoms with van der Waals surface area (Å²) in [5.74, 6) is -8.41. The van der Waals surface area contributed by atoms with Crippen LogP contribution >= 0.6 is 0 Å². The van der Waals surface area contributed by atoms with Gasteiger partial charge in [0, 0.05) is 12.2 Å². The molecule has 2 heterocycles. The molecule has 2 aliphatic rings. The van der Waals surface area contributed by atoms with Crippen molar-refractivity contribution in [3.05, 3.63) is 36.0 Å². The Bertz CT molecular complexity index is 1100. The van der Waals surface area contributed by atoms with Gasteiger partial charge in [0.2, 0.25) is 0 Å². The summed E-state index contributed by atoms with van der Waals surface area (Å²) in [7, 11) is 1.10. The van der Waals surface area contributed by atoms with Gasteiger partial charge >= 0.3 is 36.3 Å². The van der Waals surface area contributed by atoms with Crippen LogP contribution in [0.1, 0.15) is 12.0 Å². The molecule has 2 amide bonds. The highest BCUT2D eigenvalue weighted by molar-refractivity contribution is 6.01. The van der Waals surface area contributed by atoms with Crippen LogP contribution in [0, 0.1) is 0 Å². The lowest BCUT2D eigenvalue weighted by molar-refractivity contribution is -0.208. The molecule has 0 unspecified atom stereocenters. The first-order valence-corrected chi connectivity index (χ1v) is 9.32. The standard InChI is InChI=1S/C19H13F9N2O5/c1-8-16(5-6-29(8)12(31)17(20,21)22)10-7-9(34-2)3-4-11(10)30(13(32)18(23,24)25)14(16)35-15(33)19(26,27)28/h3-4,7,14H,1,5-6H2,2H3/t14-,16+/m0/s1. The summed E-state index contributed by atoms with van der Waals surface area (Å²) in [4.78, 5) is 35.5. The van der Waals surface area contributed by atoms with Crippen LogP contribution in [0.5, 0.6) is 5.75 Å². The third-order valence-corrected chi connectivity index (χ3v) is 5.57. The second kappa shape index (κ2) is 8.05. The molecule has 7 nitrogen and oxygen atoms in total. The number of halogens is 9. The van der Waals surface area contributed by atoms with E-state index in [0.29, 0.717) is 0 Å². The van der Waals surface area contributed by atoms with Crippen LogP contribution < -0.4 is 9.64 Å². The molecule has 0 aliphatic carbocycles. The van der Waals surface area contributed by atoms with Crippen molar-refractivity contribution in [1.29, 1.82) is 0 Å². The second-order valence-corrected chi connectivity index (χ2v) is 7.43. The first-order valence-electron chi connectivity index (χ1n) is 9.32. The Hall–Kier alpha value is -3.46. The minimum absolute atomic E-state index is 0.000748. The molecule has 3 rings (SSSR count). The number of methoxy groups -OCH3 is 1. The SMILES string of the molecule is C=C1N(C(=O)C(F)(F)F)CC[C@]12c1cc(OC)ccc1N(C(=O)C(F)(F)F)[C@H]2OC(=O)C(F)(F)F. The van der Waals surface area contributed by atoms with Gasteiger partial charge in [-0.25, -0.2) is 4.79 Å². The molecular formula is C19H13F9N2O5. The first kappa shape index (κ1) is 26.2. The van der Waals surface area contributed by atoms with E-state index >= 15 is 0 Å². The lowest BCUT2D eigenvalue weighted by atomic mass is 9.77. The number of alkyl halides is 9. The molecule has 16 heteroatoms. The minimum Gasteiger partial charge on any atom is -0.497 e. The van der Waals surface area contributed by atoms with Gasteiger partial charge in [-0.1, -0.05) is 6.58 Å². The van der Waals surface area contributed by atoms with Crippen LogP contribution in [0.15, 0.2) is 30.5 Å². The smallest absolute Gasteiger partial charge is 0.491 e. The van der Waals surface area contributed by atoms with Crippen LogP contribution in [-0.4, -0.2) is 61.1 Å². The number of carbonyl (C=O) groups is 3. The number of amides is 2. The fourth-order valence-electron chi connectivity index (χ4n) is 4.10. The third-order valence-electron chi connectivity index (χ3n) is 5.57. The highest BCUT2D eigenvalue weighted by Crippen LogP contribution is 2.57. The average Bonchev–Trinajstić information content (AvgIpc) is 3.20. The van der Waals surface area contributed by atoms with Crippen LogP contribution in [0.25, 0.3) is 0 Å². The maximum Gasteiger partial charge on any atom is 0.491 e. The Morgan fingerprint density at radius 1 is 0.971 bits per heavy atom. The molecule has 35 heavy (non-hydrogen) atoms. The Labute approximate surface area is 189 Å². The Morgan fingerprint density at radius 2 is 1.54 bits per heavy atom. The third kappa shape index (κ3) is 4.14. The van der Waals surface area contributed by atoms with Crippen LogP contribution in [-0.2, 0) is 24.5 Å². The van der Waals surface area contributed by atoms with Crippen molar-refractivity contribution in [2.75, 3.05) is 18.6 Å². The number of carbonyl (C=O) groups excluding carboxylic acids is 3. The monoisotopic (exact) mass is 520 g/mol. The molecular weight excluding hydrogens is 507 g/mol. The number of rotatable bonds is 2. The van der Waals surface area contributed by atoms with Crippen LogP contribution in [0.4, 0.5) is 45.2 Å². The van der Waals surface area contributed by atoms with Crippen molar-refractivity contribution in [2.45, 2.75) is 36.6 Å². The zero-order valence-corrected chi connectivity index (χ0v) is 17.3. The van der Waals surface area contributed by atoms with Gasteiger partial charge in [0.05, 0.1) is 18.2 Å². The van der Waals surface area contributed by atoms with Gasteiger partial charge < -0.3 is 14.4 Å². The van der Waals surface area contributed by atoms with Crippen molar-refractivity contribution in [2.24, 2.45) is 0 Å². The minimum atomic E-state index is -5.75. The molecule has 1 spiro atoms. The fourth-order valence-corrected chi connectivity index (χ4v) is 4.10. The normalized spacial score (nSPS) is 22.5. The molecule has 1 fully saturated rings. The van der Waals surface area contributed by atoms with E-state index in [-0.39, 0.29) is 15.5 Å². The van der Waals surface area contributed by atoms with E-state index < -0.39 is 77.9 Å². The van der Waals surface area contributed by atoms with Crippen molar-refractivity contribution in [1.82, 2.24) is 4.90 Å². The van der Waals surface area contributed by atoms with Crippen molar-refractivity contribution in [3.63, 3.8) is 0 Å². The number of fused-ring (bicyclic) bond motifs is 2. The van der Waals surface area contributed by atoms with Crippen molar-refractivity contribution in [3.8, 4) is 5.75 Å². The summed E-state index contributed by atoms with van der Waals surface area (Å²) in [5, 5.41) is 0. The van der Waals surface area contributed by atoms with E-state index in [9.17, 15) is 53.9 Å². The number of hydrogen-bond donors (Lipinski definition) is 0. The molecule has 1 aromatic rings. The van der Waals surface area contributed by atoms with Crippen molar-refractivity contribution < 1.29 is 63.4 Å². The molecule has 2 aliphatic heterocycles. The Morgan fingerprint density at radius 3 is 2.03 bits per heavy atom. The number of esters is 1. The lowest BCUT2D eigenvalue weighted by Gasteiger charge is -2.36. The van der Waals surface area contributed by atoms with E-state index in [1.165, 1.54) is 0 Å². The number of nitrogens with zero attached hydrogens (tertiary/aromatic N) is 2. The highest BCUT2D eigenvalue weighted by atomic mass is 19.4. The number of likely N-dealkylation sites (tertiary alicyclic amines) is 1. The van der Waals surface area contributed by atoms with E-state index in [2.05, 4.69) is 11.3 Å². The second-order valence-electron chi connectivity index (χ2n) is 7.43. The summed E-state index contributed by atoms with van der Waals surface area (Å²) >= 11 is 0. The predicted octanol–water partition coefficient (Wildman–Crippen LogP) is 3.58. The summed E-state index contributed by atoms with van der Waals surface area (Å²) in [6.45, 7) is 2.43. The topological polar surface area (TPSA) is 76.2 Å². The van der Waals surface area contributed by atoms with Gasteiger partial charge in [0.1, 0.15) is 5.75 Å². The quantitative estimate of drug-likeness (QED) is 0.441. The summed E-state index contributed by atoms with van der Waals surface area (Å²) < 4.78 is 128. The first-order chi connectivity index (χ1) is 15.9. The van der Waals surface area contributed by atoms with Gasteiger partial charge in [-0.3, -0.25) is 14.5 Å². The zero-order chi connectivity index (χ0) is 26.7. The molecule has 0 N–H and O–H groups in total. The van der Waals surface area contributed by atoms with Gasteiger partial charge in [-0.05, 0) is 30.2 Å². The predicted molar refractivity (Wildman–Crippen MR) is 95.7 cm³/mol. The van der Waals surface area contributed by atoms with Gasteiger partial charge in [0.25, 0.3) is 0 Å². The number of benzene rings is 1. The molecule has 1 aromatic carbocycles. The van der Waals surface area contributed by atoms with Gasteiger partial charge in [-0.15, -0.1) is 0 Å². The molecule has 1 saturated heterocycles. The molecule has 192 valence electrons. The summed E-state index contributed by atoms with van der Waals surface area (Å²) in [5.41, 5.74) is -4.59. The van der Waals surface area contributed by atoms with Gasteiger partial charge in [0.15, 0.2) is 6.23 Å². The highest BCUT2D eigenvalue weighted by Gasteiger charge is 2.66. The molecule has 0 radical (unpaired) electrons. The maximum absolute atomic E-state index is 13.4. The molecule has 0 bridgehead atoms. The van der Waals surface area contributed by atoms with E-state index in [1.54, 1.807) is 0 Å². The Balaban J connectivity index is 2.29. The van der Waals surface area contributed by atoms with E-state index in [4.69, 9.17) is 4.74 Å². The molecule has 2 atom stereocenters. The number of anilines is 1. The number of hydrogen-bond acceptors (Lipinski definition) is 5. The lowest BCUT2D eigenvalue weighted by Crippen LogP contribution is -2.55. The molecule has 0 aromatic heterocycles. The van der Waals surface area contributed by atoms with E-state index in [0.717, 1.165) is 25.3 Å².